The van der Waals surface area contributed by atoms with Crippen molar-refractivity contribution >= 4 is 17.9 Å². The maximum absolute atomic E-state index is 13.7. The van der Waals surface area contributed by atoms with Crippen molar-refractivity contribution < 1.29 is 19.4 Å². The molecule has 0 aromatic carbocycles. The molecule has 8 nitrogen and oxygen atoms in total. The smallest absolute Gasteiger partial charge is 0.258 e. The quantitative estimate of drug-likeness (QED) is 0.725. The lowest BCUT2D eigenvalue weighted by Crippen LogP contribution is -2.52. The predicted octanol–water partition coefficient (Wildman–Crippen LogP) is 0.934. The van der Waals surface area contributed by atoms with Crippen molar-refractivity contribution in [3.05, 3.63) is 39.8 Å². The minimum Gasteiger partial charge on any atom is -0.396 e. The molecule has 1 aromatic rings. The van der Waals surface area contributed by atoms with Crippen molar-refractivity contribution in [2.45, 2.75) is 45.3 Å². The number of likely N-dealkylation sites (tertiary alicyclic amines) is 1. The number of carbonyl (C=O) groups excluding carboxylic acids is 2. The summed E-state index contributed by atoms with van der Waals surface area (Å²) in [7, 11) is 0. The summed E-state index contributed by atoms with van der Waals surface area (Å²) in [6, 6.07) is 2.53. The number of nitrogens with one attached hydrogen (secondary N) is 1. The number of pyridine rings is 1. The highest BCUT2D eigenvalue weighted by Gasteiger charge is 2.57. The van der Waals surface area contributed by atoms with E-state index in [0.29, 0.717) is 44.7 Å². The number of likely N-dealkylation sites (N-methyl/N-ethyl adjacent to an activating group) is 1. The van der Waals surface area contributed by atoms with Crippen molar-refractivity contribution in [2.75, 3.05) is 26.4 Å². The third-order valence-electron chi connectivity index (χ3n) is 6.90. The largest absolute Gasteiger partial charge is 0.396 e. The Morgan fingerprint density at radius 1 is 1.29 bits per heavy atom. The van der Waals surface area contributed by atoms with Gasteiger partial charge in [-0.05, 0) is 38.8 Å². The first-order valence-electron chi connectivity index (χ1n) is 11.2. The summed E-state index contributed by atoms with van der Waals surface area (Å²) in [5, 5.41) is 13.1. The predicted molar refractivity (Wildman–Crippen MR) is 115 cm³/mol. The number of allylic oxidation sites excluding steroid dienone is 1. The van der Waals surface area contributed by atoms with Gasteiger partial charge in [0.15, 0.2) is 0 Å². The molecule has 0 saturated carbocycles. The van der Waals surface area contributed by atoms with Crippen LogP contribution >= 0.6 is 0 Å². The summed E-state index contributed by atoms with van der Waals surface area (Å²) in [5.41, 5.74) is 1.23. The Labute approximate surface area is 181 Å². The first-order chi connectivity index (χ1) is 15.0. The number of nitrogens with zero attached hydrogens (tertiary/aromatic N) is 2. The van der Waals surface area contributed by atoms with Gasteiger partial charge in [0.1, 0.15) is 6.04 Å². The second-order valence-corrected chi connectivity index (χ2v) is 8.56. The van der Waals surface area contributed by atoms with Crippen LogP contribution in [0.1, 0.15) is 44.0 Å². The maximum Gasteiger partial charge on any atom is 0.258 e. The molecular formula is C23H31N3O5. The van der Waals surface area contributed by atoms with E-state index in [0.717, 1.165) is 5.69 Å². The number of hydrogen-bond acceptors (Lipinski definition) is 5. The number of rotatable bonds is 5. The van der Waals surface area contributed by atoms with Crippen LogP contribution in [0.4, 0.5) is 0 Å². The highest BCUT2D eigenvalue weighted by atomic mass is 16.5. The first-order valence-corrected chi connectivity index (χ1v) is 11.2. The van der Waals surface area contributed by atoms with Gasteiger partial charge in [-0.3, -0.25) is 14.4 Å². The first kappa shape index (κ1) is 21.8. The monoisotopic (exact) mass is 429 g/mol. The molecule has 2 amide bonds. The van der Waals surface area contributed by atoms with Crippen LogP contribution in [0, 0.1) is 17.8 Å². The van der Waals surface area contributed by atoms with E-state index >= 15 is 0 Å². The van der Waals surface area contributed by atoms with Gasteiger partial charge in [-0.25, -0.2) is 0 Å². The molecule has 1 aromatic heterocycles. The minimum absolute atomic E-state index is 0.0797. The van der Waals surface area contributed by atoms with E-state index in [4.69, 9.17) is 4.74 Å². The number of aliphatic hydroxyl groups is 1. The van der Waals surface area contributed by atoms with E-state index in [9.17, 15) is 19.5 Å². The molecule has 2 saturated heterocycles. The van der Waals surface area contributed by atoms with Gasteiger partial charge in [-0.15, -0.1) is 0 Å². The van der Waals surface area contributed by atoms with E-state index in [1.54, 1.807) is 21.6 Å². The van der Waals surface area contributed by atoms with Crippen LogP contribution in [0.15, 0.2) is 23.0 Å². The molecule has 3 aliphatic rings. The van der Waals surface area contributed by atoms with Gasteiger partial charge in [0, 0.05) is 61.9 Å². The molecule has 4 rings (SSSR count). The molecular weight excluding hydrogens is 398 g/mol. The molecule has 31 heavy (non-hydrogen) atoms. The van der Waals surface area contributed by atoms with Crippen LogP contribution in [0.25, 0.3) is 6.08 Å². The molecule has 3 aliphatic heterocycles. The summed E-state index contributed by atoms with van der Waals surface area (Å²) >= 11 is 0. The summed E-state index contributed by atoms with van der Waals surface area (Å²) in [5.74, 6) is -1.15. The zero-order valence-electron chi connectivity index (χ0n) is 18.1. The molecule has 0 unspecified atom stereocenters. The number of hydrogen-bond donors (Lipinski definition) is 2. The van der Waals surface area contributed by atoms with Crippen molar-refractivity contribution in [1.29, 1.82) is 0 Å². The van der Waals surface area contributed by atoms with E-state index in [1.807, 2.05) is 26.0 Å². The molecule has 0 bridgehead atoms. The number of aromatic nitrogens is 1. The van der Waals surface area contributed by atoms with Gasteiger partial charge in [-0.1, -0.05) is 12.2 Å². The Bertz CT molecular complexity index is 934. The van der Waals surface area contributed by atoms with E-state index in [1.165, 1.54) is 0 Å². The Morgan fingerprint density at radius 3 is 2.68 bits per heavy atom. The second-order valence-electron chi connectivity index (χ2n) is 8.56. The van der Waals surface area contributed by atoms with Crippen molar-refractivity contribution in [3.8, 4) is 0 Å². The fraction of sp³-hybridized carbons (Fsp3) is 0.609. The van der Waals surface area contributed by atoms with Crippen LogP contribution in [0.5, 0.6) is 0 Å². The highest BCUT2D eigenvalue weighted by Crippen LogP contribution is 2.50. The van der Waals surface area contributed by atoms with Gasteiger partial charge < -0.3 is 24.6 Å². The van der Waals surface area contributed by atoms with E-state index in [2.05, 4.69) is 5.32 Å². The van der Waals surface area contributed by atoms with Crippen LogP contribution in [0.2, 0.25) is 0 Å². The lowest BCUT2D eigenvalue weighted by atomic mass is 9.88. The average molecular weight is 430 g/mol. The summed E-state index contributed by atoms with van der Waals surface area (Å²) in [6.07, 6.45) is 4.83. The van der Waals surface area contributed by atoms with Crippen molar-refractivity contribution in [2.24, 2.45) is 17.8 Å². The molecule has 0 spiro atoms. The second kappa shape index (κ2) is 8.96. The number of aliphatic hydroxyl groups excluding tert-OH is 1. The Hall–Kier alpha value is -2.45. The van der Waals surface area contributed by atoms with Gasteiger partial charge in [0.25, 0.3) is 5.56 Å². The Morgan fingerprint density at radius 2 is 2.03 bits per heavy atom. The molecule has 2 N–H and O–H groups in total. The summed E-state index contributed by atoms with van der Waals surface area (Å²) in [6.45, 7) is 5.37. The molecule has 4 heterocycles. The maximum atomic E-state index is 13.7. The van der Waals surface area contributed by atoms with E-state index < -0.39 is 18.0 Å². The number of amides is 2. The van der Waals surface area contributed by atoms with Crippen molar-refractivity contribution in [1.82, 2.24) is 14.8 Å². The Balaban J connectivity index is 1.79. The fourth-order valence-corrected chi connectivity index (χ4v) is 5.49. The normalized spacial score (nSPS) is 28.0. The van der Waals surface area contributed by atoms with Gasteiger partial charge in [0.2, 0.25) is 11.8 Å². The van der Waals surface area contributed by atoms with Crippen LogP contribution in [-0.4, -0.2) is 58.8 Å². The van der Waals surface area contributed by atoms with Gasteiger partial charge in [0.05, 0.1) is 6.04 Å². The lowest BCUT2D eigenvalue weighted by Gasteiger charge is -2.34. The molecule has 8 heteroatoms. The topological polar surface area (TPSA) is 101 Å². The summed E-state index contributed by atoms with van der Waals surface area (Å²) in [4.78, 5) is 41.4. The summed E-state index contributed by atoms with van der Waals surface area (Å²) < 4.78 is 7.13. The average Bonchev–Trinajstić information content (AvgIpc) is 3.31. The van der Waals surface area contributed by atoms with Crippen LogP contribution < -0.4 is 10.9 Å². The molecule has 0 radical (unpaired) electrons. The van der Waals surface area contributed by atoms with Crippen LogP contribution in [-0.2, 0) is 20.9 Å². The van der Waals surface area contributed by atoms with E-state index in [-0.39, 0.29) is 35.8 Å². The molecule has 4 atom stereocenters. The minimum atomic E-state index is -0.741. The third-order valence-corrected chi connectivity index (χ3v) is 6.90. The number of ether oxygens (including phenoxy) is 1. The fourth-order valence-electron chi connectivity index (χ4n) is 5.49. The zero-order chi connectivity index (χ0) is 22.1. The molecule has 168 valence electrons. The zero-order valence-corrected chi connectivity index (χ0v) is 18.1. The standard InChI is InChI=1S/C23H31N3O5/c1-3-5-14-6-7-18-19-16(12-25(18)22(14)29)17(13-27)20(21(28)24-4-2)26(19)23(30)15-8-10-31-11-9-15/h3,5-7,15-17,19-20,27H,4,8-13H2,1-2H3,(H,24,28)/b5-3+/t16-,17-,19+,20-/m0/s1. The number of fused-ring (bicyclic) bond motifs is 3. The third kappa shape index (κ3) is 3.61. The Kier molecular flexibility index (Phi) is 6.29. The lowest BCUT2D eigenvalue weighted by molar-refractivity contribution is -0.147. The van der Waals surface area contributed by atoms with Gasteiger partial charge in [-0.2, -0.15) is 0 Å². The SMILES string of the molecule is C/C=C/c1ccc2n(c1=O)C[C@H]1[C@H](CO)[C@@H](C(=O)NCC)N(C(=O)C3CCOCC3)[C@@H]21. The highest BCUT2D eigenvalue weighted by molar-refractivity contribution is 5.90. The molecule has 0 aliphatic carbocycles. The molecule has 2 fully saturated rings. The number of carbonyl (C=O) groups is 2. The van der Waals surface area contributed by atoms with Crippen LogP contribution in [0.3, 0.4) is 0 Å². The van der Waals surface area contributed by atoms with Gasteiger partial charge >= 0.3 is 0 Å². The van der Waals surface area contributed by atoms with Crippen molar-refractivity contribution in [3.63, 3.8) is 0 Å².